The Morgan fingerprint density at radius 2 is 1.90 bits per heavy atom. The van der Waals surface area contributed by atoms with E-state index in [-0.39, 0.29) is 23.0 Å². The summed E-state index contributed by atoms with van der Waals surface area (Å²) in [5, 5.41) is 21.5. The van der Waals surface area contributed by atoms with Crippen LogP contribution in [0.5, 0.6) is 0 Å². The van der Waals surface area contributed by atoms with E-state index < -0.39 is 5.54 Å². The van der Waals surface area contributed by atoms with Gasteiger partial charge in [0, 0.05) is 12.1 Å². The van der Waals surface area contributed by atoms with Crippen LogP contribution in [-0.4, -0.2) is 32.0 Å². The van der Waals surface area contributed by atoms with E-state index in [4.69, 9.17) is 0 Å². The summed E-state index contributed by atoms with van der Waals surface area (Å²) in [5.41, 5.74) is 1.39. The van der Waals surface area contributed by atoms with Crippen molar-refractivity contribution in [1.29, 1.82) is 5.26 Å². The van der Waals surface area contributed by atoms with Crippen LogP contribution in [0.2, 0.25) is 0 Å². The van der Waals surface area contributed by atoms with Crippen LogP contribution >= 0.6 is 11.8 Å². The molecule has 2 aromatic rings. The Labute approximate surface area is 183 Å². The Kier molecular flexibility index (Phi) is 7.49. The van der Waals surface area contributed by atoms with E-state index in [2.05, 4.69) is 61.1 Å². The quantitative estimate of drug-likeness (QED) is 0.494. The number of hydrogen-bond donors (Lipinski definition) is 1. The number of nitrogens with one attached hydrogen (secondary N) is 1. The van der Waals surface area contributed by atoms with Crippen LogP contribution in [0.4, 0.5) is 0 Å². The molecule has 0 saturated heterocycles. The van der Waals surface area contributed by atoms with Gasteiger partial charge >= 0.3 is 0 Å². The normalized spacial score (nSPS) is 13.5. The molecular weight excluding hydrogens is 394 g/mol. The third-order valence-corrected chi connectivity index (χ3v) is 6.12. The zero-order chi connectivity index (χ0) is 22.5. The van der Waals surface area contributed by atoms with Gasteiger partial charge in [0.1, 0.15) is 5.54 Å². The van der Waals surface area contributed by atoms with E-state index >= 15 is 0 Å². The Morgan fingerprint density at radius 3 is 2.40 bits per heavy atom. The van der Waals surface area contributed by atoms with Crippen molar-refractivity contribution in [3.05, 3.63) is 42.5 Å². The predicted octanol–water partition coefficient (Wildman–Crippen LogP) is 4.58. The van der Waals surface area contributed by atoms with Crippen LogP contribution in [0, 0.1) is 17.2 Å². The van der Waals surface area contributed by atoms with Crippen molar-refractivity contribution in [1.82, 2.24) is 20.1 Å². The lowest BCUT2D eigenvalue weighted by Crippen LogP contribution is -2.49. The summed E-state index contributed by atoms with van der Waals surface area (Å²) in [6.45, 7) is 16.5. The highest BCUT2D eigenvalue weighted by Gasteiger charge is 2.30. The maximum absolute atomic E-state index is 12.4. The number of nitriles is 1. The molecule has 2 rings (SSSR count). The third-order valence-electron chi connectivity index (χ3n) is 5.16. The molecule has 1 atom stereocenters. The van der Waals surface area contributed by atoms with Crippen LogP contribution in [0.25, 0.3) is 11.4 Å². The highest BCUT2D eigenvalue weighted by Crippen LogP contribution is 2.28. The molecule has 7 heteroatoms. The molecule has 1 aromatic heterocycles. The lowest BCUT2D eigenvalue weighted by Gasteiger charge is -2.27. The molecule has 0 aliphatic rings. The average Bonchev–Trinajstić information content (AvgIpc) is 3.08. The second-order valence-electron chi connectivity index (χ2n) is 8.84. The van der Waals surface area contributed by atoms with Crippen molar-refractivity contribution < 1.29 is 4.79 Å². The fourth-order valence-corrected chi connectivity index (χ4v) is 3.53. The molecule has 0 radical (unpaired) electrons. The van der Waals surface area contributed by atoms with Crippen LogP contribution in [0.15, 0.2) is 42.1 Å². The largest absolute Gasteiger partial charge is 0.337 e. The molecule has 1 amide bonds. The highest BCUT2D eigenvalue weighted by atomic mass is 32.2. The first-order valence-electron chi connectivity index (χ1n) is 10.0. The summed E-state index contributed by atoms with van der Waals surface area (Å²) in [6, 6.07) is 10.5. The van der Waals surface area contributed by atoms with Crippen molar-refractivity contribution in [2.45, 2.75) is 64.2 Å². The molecule has 1 unspecified atom stereocenters. The first-order valence-corrected chi connectivity index (χ1v) is 11.0. The van der Waals surface area contributed by atoms with Gasteiger partial charge in [-0.25, -0.2) is 0 Å². The van der Waals surface area contributed by atoms with E-state index in [1.165, 1.54) is 17.3 Å². The molecule has 1 heterocycles. The molecule has 30 heavy (non-hydrogen) atoms. The van der Waals surface area contributed by atoms with Gasteiger partial charge in [0.05, 0.1) is 11.8 Å². The molecule has 6 nitrogen and oxygen atoms in total. The molecule has 0 spiro atoms. The molecule has 0 fully saturated rings. The number of thioether (sulfide) groups is 1. The Hall–Kier alpha value is -2.59. The van der Waals surface area contributed by atoms with Crippen molar-refractivity contribution in [3.63, 3.8) is 0 Å². The molecule has 0 aliphatic heterocycles. The zero-order valence-electron chi connectivity index (χ0n) is 18.7. The molecule has 1 aromatic carbocycles. The Bertz CT molecular complexity index is 934. The van der Waals surface area contributed by atoms with Gasteiger partial charge in [-0.3, -0.25) is 9.36 Å². The maximum Gasteiger partial charge on any atom is 0.231 e. The van der Waals surface area contributed by atoms with Crippen molar-refractivity contribution in [2.24, 2.45) is 5.92 Å². The van der Waals surface area contributed by atoms with Crippen molar-refractivity contribution in [2.75, 3.05) is 5.75 Å². The summed E-state index contributed by atoms with van der Waals surface area (Å²) in [4.78, 5) is 12.4. The number of allylic oxidation sites excluding steroid dienone is 1. The number of hydrogen-bond acceptors (Lipinski definition) is 5. The van der Waals surface area contributed by atoms with Gasteiger partial charge < -0.3 is 5.32 Å². The van der Waals surface area contributed by atoms with Crippen molar-refractivity contribution >= 4 is 17.7 Å². The van der Waals surface area contributed by atoms with E-state index in [1.54, 1.807) is 13.0 Å². The van der Waals surface area contributed by atoms with Crippen LogP contribution in [0.3, 0.4) is 0 Å². The number of benzene rings is 1. The van der Waals surface area contributed by atoms with Gasteiger partial charge in [0.15, 0.2) is 11.0 Å². The summed E-state index contributed by atoms with van der Waals surface area (Å²) in [7, 11) is 0. The molecule has 1 N–H and O–H groups in total. The SMILES string of the molecule is C=CCn1c(SCC(=O)NC(C)(C#N)C(C)C)nnc1-c1ccc(C(C)(C)C)cc1. The fourth-order valence-electron chi connectivity index (χ4n) is 2.78. The monoisotopic (exact) mass is 425 g/mol. The van der Waals surface area contributed by atoms with Crippen molar-refractivity contribution in [3.8, 4) is 17.5 Å². The fraction of sp³-hybridized carbons (Fsp3) is 0.478. The first-order chi connectivity index (χ1) is 14.0. The first kappa shape index (κ1) is 23.7. The van der Waals surface area contributed by atoms with Crippen LogP contribution in [-0.2, 0) is 16.8 Å². The number of aromatic nitrogens is 3. The molecule has 0 saturated carbocycles. The lowest BCUT2D eigenvalue weighted by molar-refractivity contribution is -0.120. The minimum atomic E-state index is -0.896. The zero-order valence-corrected chi connectivity index (χ0v) is 19.5. The van der Waals surface area contributed by atoms with Gasteiger partial charge in [-0.1, -0.05) is 76.7 Å². The Morgan fingerprint density at radius 1 is 1.27 bits per heavy atom. The van der Waals surface area contributed by atoms with E-state index in [0.29, 0.717) is 11.7 Å². The molecule has 160 valence electrons. The summed E-state index contributed by atoms with van der Waals surface area (Å²) < 4.78 is 1.95. The summed E-state index contributed by atoms with van der Waals surface area (Å²) >= 11 is 1.30. The average molecular weight is 426 g/mol. The van der Waals surface area contributed by atoms with E-state index in [9.17, 15) is 10.1 Å². The van der Waals surface area contributed by atoms with Gasteiger partial charge in [-0.2, -0.15) is 5.26 Å². The number of nitrogens with zero attached hydrogens (tertiary/aromatic N) is 4. The molecule has 0 bridgehead atoms. The van der Waals surface area contributed by atoms with Crippen LogP contribution < -0.4 is 5.32 Å². The lowest BCUT2D eigenvalue weighted by atomic mass is 9.87. The summed E-state index contributed by atoms with van der Waals surface area (Å²) in [6.07, 6.45) is 1.78. The molecule has 0 aliphatic carbocycles. The van der Waals surface area contributed by atoms with Crippen LogP contribution in [0.1, 0.15) is 47.1 Å². The number of amides is 1. The smallest absolute Gasteiger partial charge is 0.231 e. The minimum absolute atomic E-state index is 0.00328. The minimum Gasteiger partial charge on any atom is -0.337 e. The van der Waals surface area contributed by atoms with E-state index in [1.807, 2.05) is 30.5 Å². The summed E-state index contributed by atoms with van der Waals surface area (Å²) in [5.74, 6) is 0.690. The number of carbonyl (C=O) groups excluding carboxylic acids is 1. The van der Waals surface area contributed by atoms with Gasteiger partial charge in [-0.15, -0.1) is 16.8 Å². The predicted molar refractivity (Wildman–Crippen MR) is 122 cm³/mol. The second kappa shape index (κ2) is 9.48. The standard InChI is InChI=1S/C23H31N5OS/c1-8-13-28-20(17-9-11-18(12-10-17)22(4,5)6)26-27-21(28)30-14-19(29)25-23(7,15-24)16(2)3/h8-12,16H,1,13-14H2,2-7H3,(H,25,29). The molecular formula is C23H31N5OS. The highest BCUT2D eigenvalue weighted by molar-refractivity contribution is 7.99. The number of rotatable bonds is 8. The topological polar surface area (TPSA) is 83.6 Å². The third kappa shape index (κ3) is 5.51. The van der Waals surface area contributed by atoms with E-state index in [0.717, 1.165) is 11.4 Å². The number of carbonyl (C=O) groups is 1. The van der Waals surface area contributed by atoms with Gasteiger partial charge in [-0.05, 0) is 23.8 Å². The van der Waals surface area contributed by atoms with Gasteiger partial charge in [0.25, 0.3) is 0 Å². The van der Waals surface area contributed by atoms with Gasteiger partial charge in [0.2, 0.25) is 5.91 Å². The maximum atomic E-state index is 12.4. The Balaban J connectivity index is 2.19. The second-order valence-corrected chi connectivity index (χ2v) is 9.78.